The van der Waals surface area contributed by atoms with Crippen molar-refractivity contribution in [2.75, 3.05) is 14.7 Å². The monoisotopic (exact) mass is 849 g/mol. The molecule has 66 heavy (non-hydrogen) atoms. The highest BCUT2D eigenvalue weighted by atomic mass is 16.5. The zero-order valence-electron chi connectivity index (χ0n) is 35.6. The molecule has 2 aliphatic heterocycles. The molecule has 0 N–H and O–H groups in total. The van der Waals surface area contributed by atoms with Gasteiger partial charge in [-0.2, -0.15) is 0 Å². The number of para-hydroxylation sites is 10. The summed E-state index contributed by atoms with van der Waals surface area (Å²) in [6, 6.07) is 82.7. The van der Waals surface area contributed by atoms with Gasteiger partial charge in [0.1, 0.15) is 11.2 Å². The van der Waals surface area contributed by atoms with Crippen LogP contribution >= 0.6 is 0 Å². The Morgan fingerprint density at radius 3 is 1.30 bits per heavy atom. The zero-order valence-corrected chi connectivity index (χ0v) is 35.6. The van der Waals surface area contributed by atoms with Gasteiger partial charge in [0, 0.05) is 27.7 Å². The molecule has 11 aromatic rings. The van der Waals surface area contributed by atoms with E-state index in [1.165, 1.54) is 5.56 Å². The standard InChI is InChI=1S/C60H39N3O3/c1-2-15-40(16-3-1)41-29-33-43(34-30-41)61(44-35-31-42(32-36-44)48-18-14-19-50-49-17-4-9-24-55(49)66-60(48)50)45-37-46(62-51-20-5-10-25-56(51)64-57-26-11-6-21-52(57)62)39-47(38-45)63-53-22-7-12-27-58(53)65-59-28-13-8-23-54(59)63/h1-39H. The Balaban J connectivity index is 1.04. The van der Waals surface area contributed by atoms with Crippen LogP contribution in [-0.2, 0) is 0 Å². The lowest BCUT2D eigenvalue weighted by atomic mass is 10.0. The van der Waals surface area contributed by atoms with Gasteiger partial charge in [-0.15, -0.1) is 0 Å². The first-order valence-corrected chi connectivity index (χ1v) is 22.2. The van der Waals surface area contributed by atoms with Crippen LogP contribution in [0, 0.1) is 0 Å². The minimum atomic E-state index is 0.786. The largest absolute Gasteiger partial charge is 0.455 e. The summed E-state index contributed by atoms with van der Waals surface area (Å²) >= 11 is 0. The van der Waals surface area contributed by atoms with Crippen molar-refractivity contribution in [3.63, 3.8) is 0 Å². The maximum atomic E-state index is 6.54. The normalized spacial score (nSPS) is 12.4. The van der Waals surface area contributed by atoms with Crippen LogP contribution in [0.3, 0.4) is 0 Å². The van der Waals surface area contributed by atoms with E-state index in [1.807, 2.05) is 60.7 Å². The summed E-state index contributed by atoms with van der Waals surface area (Å²) in [5.74, 6) is 3.14. The van der Waals surface area contributed by atoms with E-state index in [9.17, 15) is 0 Å². The average Bonchev–Trinajstić information content (AvgIpc) is 3.77. The molecule has 0 radical (unpaired) electrons. The summed E-state index contributed by atoms with van der Waals surface area (Å²) in [6.45, 7) is 0. The Morgan fingerprint density at radius 1 is 0.318 bits per heavy atom. The number of furan rings is 1. The number of hydrogen-bond donors (Lipinski definition) is 0. The molecule has 0 fully saturated rings. The Labute approximate surface area is 382 Å². The number of fused-ring (bicyclic) bond motifs is 7. The quantitative estimate of drug-likeness (QED) is 0.159. The van der Waals surface area contributed by atoms with Gasteiger partial charge < -0.3 is 28.6 Å². The van der Waals surface area contributed by atoms with E-state index in [0.717, 1.165) is 113 Å². The van der Waals surface area contributed by atoms with Crippen LogP contribution in [-0.4, -0.2) is 0 Å². The highest BCUT2D eigenvalue weighted by molar-refractivity contribution is 6.09. The molecule has 312 valence electrons. The lowest BCUT2D eigenvalue weighted by Crippen LogP contribution is -2.19. The average molecular weight is 850 g/mol. The van der Waals surface area contributed by atoms with Gasteiger partial charge in [-0.25, -0.2) is 0 Å². The van der Waals surface area contributed by atoms with Crippen LogP contribution in [0.5, 0.6) is 23.0 Å². The second-order valence-corrected chi connectivity index (χ2v) is 16.5. The molecule has 0 saturated carbocycles. The Bertz CT molecular complexity index is 3410. The Hall–Kier alpha value is -9.00. The molecule has 0 spiro atoms. The number of anilines is 9. The van der Waals surface area contributed by atoms with Crippen molar-refractivity contribution in [3.05, 3.63) is 237 Å². The first-order chi connectivity index (χ1) is 32.7. The summed E-state index contributed by atoms with van der Waals surface area (Å²) in [4.78, 5) is 6.98. The molecule has 6 heteroatoms. The molecular weight excluding hydrogens is 811 g/mol. The highest BCUT2D eigenvalue weighted by Crippen LogP contribution is 2.55. The molecule has 2 aliphatic rings. The first kappa shape index (κ1) is 37.5. The molecule has 0 aliphatic carbocycles. The van der Waals surface area contributed by atoms with Crippen LogP contribution in [0.1, 0.15) is 0 Å². The van der Waals surface area contributed by atoms with Crippen molar-refractivity contribution in [2.45, 2.75) is 0 Å². The molecule has 0 saturated heterocycles. The number of rotatable bonds is 7. The van der Waals surface area contributed by atoms with E-state index in [4.69, 9.17) is 13.9 Å². The van der Waals surface area contributed by atoms with Crippen molar-refractivity contribution in [1.82, 2.24) is 0 Å². The van der Waals surface area contributed by atoms with Crippen LogP contribution in [0.4, 0.5) is 51.2 Å². The molecule has 3 heterocycles. The fourth-order valence-electron chi connectivity index (χ4n) is 9.58. The second-order valence-electron chi connectivity index (χ2n) is 16.5. The molecule has 10 aromatic carbocycles. The van der Waals surface area contributed by atoms with Gasteiger partial charge in [-0.05, 0) is 114 Å². The Morgan fingerprint density at radius 2 is 0.758 bits per heavy atom. The molecule has 6 nitrogen and oxygen atoms in total. The minimum Gasteiger partial charge on any atom is -0.455 e. The van der Waals surface area contributed by atoms with E-state index in [2.05, 4.69) is 191 Å². The fraction of sp³-hybridized carbons (Fsp3) is 0. The molecular formula is C60H39N3O3. The summed E-state index contributed by atoms with van der Waals surface area (Å²) in [7, 11) is 0. The molecule has 0 amide bonds. The van der Waals surface area contributed by atoms with Crippen molar-refractivity contribution in [1.29, 1.82) is 0 Å². The van der Waals surface area contributed by atoms with Gasteiger partial charge >= 0.3 is 0 Å². The van der Waals surface area contributed by atoms with E-state index in [1.54, 1.807) is 0 Å². The Kier molecular flexibility index (Phi) is 8.74. The van der Waals surface area contributed by atoms with Gasteiger partial charge in [-0.1, -0.05) is 140 Å². The third-order valence-corrected chi connectivity index (χ3v) is 12.6. The van der Waals surface area contributed by atoms with Gasteiger partial charge in [0.05, 0.1) is 39.8 Å². The number of ether oxygens (including phenoxy) is 2. The van der Waals surface area contributed by atoms with Gasteiger partial charge in [-0.3, -0.25) is 0 Å². The highest BCUT2D eigenvalue weighted by Gasteiger charge is 2.30. The lowest BCUT2D eigenvalue weighted by molar-refractivity contribution is 0.477. The number of nitrogens with zero attached hydrogens (tertiary/aromatic N) is 3. The fourth-order valence-corrected chi connectivity index (χ4v) is 9.58. The topological polar surface area (TPSA) is 41.3 Å². The smallest absolute Gasteiger partial charge is 0.151 e. The molecule has 0 bridgehead atoms. The van der Waals surface area contributed by atoms with Crippen molar-refractivity contribution < 1.29 is 13.9 Å². The van der Waals surface area contributed by atoms with Crippen molar-refractivity contribution >= 4 is 73.1 Å². The van der Waals surface area contributed by atoms with Gasteiger partial charge in [0.25, 0.3) is 0 Å². The van der Waals surface area contributed by atoms with E-state index >= 15 is 0 Å². The van der Waals surface area contributed by atoms with E-state index in [0.29, 0.717) is 0 Å². The number of benzene rings is 10. The van der Waals surface area contributed by atoms with Gasteiger partial charge in [0.2, 0.25) is 0 Å². The summed E-state index contributed by atoms with van der Waals surface area (Å²) < 4.78 is 19.6. The van der Waals surface area contributed by atoms with E-state index < -0.39 is 0 Å². The lowest BCUT2D eigenvalue weighted by Gasteiger charge is -2.37. The number of hydrogen-bond acceptors (Lipinski definition) is 6. The SMILES string of the molecule is c1ccc(-c2ccc(N(c3ccc(-c4cccc5c4oc4ccccc45)cc3)c3cc(N4c5ccccc5Oc5ccccc54)cc(N4c5ccccc5Oc5ccccc54)c3)cc2)cc1. The summed E-state index contributed by atoms with van der Waals surface area (Å²) in [5, 5.41) is 2.22. The zero-order chi connectivity index (χ0) is 43.6. The molecule has 13 rings (SSSR count). The third kappa shape index (κ3) is 6.26. The van der Waals surface area contributed by atoms with E-state index in [-0.39, 0.29) is 0 Å². The van der Waals surface area contributed by atoms with Crippen molar-refractivity contribution in [2.24, 2.45) is 0 Å². The maximum absolute atomic E-state index is 6.54. The van der Waals surface area contributed by atoms with Crippen LogP contribution < -0.4 is 24.2 Å². The molecule has 1 aromatic heterocycles. The third-order valence-electron chi connectivity index (χ3n) is 12.6. The van der Waals surface area contributed by atoms with Crippen LogP contribution in [0.2, 0.25) is 0 Å². The maximum Gasteiger partial charge on any atom is 0.151 e. The minimum absolute atomic E-state index is 0.786. The molecule has 0 atom stereocenters. The van der Waals surface area contributed by atoms with Crippen LogP contribution in [0.15, 0.2) is 241 Å². The predicted molar refractivity (Wildman–Crippen MR) is 269 cm³/mol. The molecule has 0 unspecified atom stereocenters. The van der Waals surface area contributed by atoms with Crippen LogP contribution in [0.25, 0.3) is 44.2 Å². The summed E-state index contributed by atoms with van der Waals surface area (Å²) in [5.41, 5.74) is 14.9. The first-order valence-electron chi connectivity index (χ1n) is 22.2. The predicted octanol–water partition coefficient (Wildman–Crippen LogP) is 17.5. The summed E-state index contributed by atoms with van der Waals surface area (Å²) in [6.07, 6.45) is 0. The van der Waals surface area contributed by atoms with Crippen molar-refractivity contribution in [3.8, 4) is 45.3 Å². The van der Waals surface area contributed by atoms with Gasteiger partial charge in [0.15, 0.2) is 23.0 Å². The second kappa shape index (κ2) is 15.4.